The quantitative estimate of drug-likeness (QED) is 0.323. The standard InChI is InChI=1S/C24H17NO/c26-24(14-17-15-25-23-12-6-5-9-19(17)23)22-13-16-7-1-2-8-18(16)20-10-3-4-11-21(20)22/h1-13,15,25H,14H2. The molecule has 1 aromatic heterocycles. The lowest BCUT2D eigenvalue weighted by Gasteiger charge is -2.10. The smallest absolute Gasteiger partial charge is 0.167 e. The van der Waals surface area contributed by atoms with E-state index in [-0.39, 0.29) is 5.78 Å². The number of hydrogen-bond acceptors (Lipinski definition) is 1. The van der Waals surface area contributed by atoms with Crippen LogP contribution in [0.2, 0.25) is 0 Å². The highest BCUT2D eigenvalue weighted by Gasteiger charge is 2.15. The number of hydrogen-bond donors (Lipinski definition) is 1. The minimum atomic E-state index is 0.150. The number of benzene rings is 4. The molecule has 2 nitrogen and oxygen atoms in total. The highest BCUT2D eigenvalue weighted by Crippen LogP contribution is 2.30. The maximum atomic E-state index is 13.2. The first kappa shape index (κ1) is 14.9. The molecule has 4 aromatic carbocycles. The molecule has 26 heavy (non-hydrogen) atoms. The second-order valence-corrected chi connectivity index (χ2v) is 6.65. The normalized spacial score (nSPS) is 11.4. The average Bonchev–Trinajstić information content (AvgIpc) is 3.10. The minimum Gasteiger partial charge on any atom is -0.361 e. The van der Waals surface area contributed by atoms with Gasteiger partial charge in [-0.15, -0.1) is 0 Å². The third kappa shape index (κ3) is 2.31. The third-order valence-electron chi connectivity index (χ3n) is 5.09. The number of rotatable bonds is 3. The van der Waals surface area contributed by atoms with Gasteiger partial charge in [-0.3, -0.25) is 4.79 Å². The third-order valence-corrected chi connectivity index (χ3v) is 5.09. The minimum absolute atomic E-state index is 0.150. The van der Waals surface area contributed by atoms with E-state index >= 15 is 0 Å². The molecule has 0 fully saturated rings. The predicted molar refractivity (Wildman–Crippen MR) is 108 cm³/mol. The van der Waals surface area contributed by atoms with E-state index in [1.165, 1.54) is 5.39 Å². The first-order valence-corrected chi connectivity index (χ1v) is 8.80. The van der Waals surface area contributed by atoms with E-state index in [2.05, 4.69) is 29.2 Å². The monoisotopic (exact) mass is 335 g/mol. The van der Waals surface area contributed by atoms with Crippen LogP contribution in [0, 0.1) is 0 Å². The van der Waals surface area contributed by atoms with Gasteiger partial charge >= 0.3 is 0 Å². The molecule has 0 radical (unpaired) electrons. The van der Waals surface area contributed by atoms with Crippen LogP contribution in [0.5, 0.6) is 0 Å². The van der Waals surface area contributed by atoms with E-state index in [9.17, 15) is 4.79 Å². The number of para-hydroxylation sites is 1. The van der Waals surface area contributed by atoms with Crippen LogP contribution in [0.1, 0.15) is 15.9 Å². The number of carbonyl (C=O) groups is 1. The van der Waals surface area contributed by atoms with Crippen LogP contribution < -0.4 is 0 Å². The fourth-order valence-corrected chi connectivity index (χ4v) is 3.83. The van der Waals surface area contributed by atoms with Crippen LogP contribution in [0.15, 0.2) is 85.1 Å². The summed E-state index contributed by atoms with van der Waals surface area (Å²) in [5.74, 6) is 0.150. The van der Waals surface area contributed by atoms with Gasteiger partial charge in [-0.1, -0.05) is 66.7 Å². The molecule has 0 saturated carbocycles. The van der Waals surface area contributed by atoms with Gasteiger partial charge in [0.2, 0.25) is 0 Å². The average molecular weight is 335 g/mol. The van der Waals surface area contributed by atoms with Gasteiger partial charge in [0.1, 0.15) is 0 Å². The van der Waals surface area contributed by atoms with Gasteiger partial charge < -0.3 is 4.98 Å². The molecule has 2 heteroatoms. The van der Waals surface area contributed by atoms with Gasteiger partial charge in [-0.25, -0.2) is 0 Å². The van der Waals surface area contributed by atoms with Gasteiger partial charge in [0, 0.05) is 29.1 Å². The second kappa shape index (κ2) is 5.85. The zero-order valence-electron chi connectivity index (χ0n) is 14.2. The number of ketones is 1. The molecule has 1 N–H and O–H groups in total. The summed E-state index contributed by atoms with van der Waals surface area (Å²) in [6.07, 6.45) is 2.35. The van der Waals surface area contributed by atoms with Crippen molar-refractivity contribution >= 4 is 38.2 Å². The van der Waals surface area contributed by atoms with Gasteiger partial charge in [-0.2, -0.15) is 0 Å². The Balaban J connectivity index is 1.66. The molecule has 0 aliphatic carbocycles. The number of aromatic amines is 1. The van der Waals surface area contributed by atoms with Crippen molar-refractivity contribution < 1.29 is 4.79 Å². The van der Waals surface area contributed by atoms with E-state index in [0.717, 1.165) is 38.2 Å². The van der Waals surface area contributed by atoms with Gasteiger partial charge in [-0.05, 0) is 39.2 Å². The Kier molecular flexibility index (Phi) is 3.36. The first-order valence-electron chi connectivity index (χ1n) is 8.80. The molecule has 0 unspecified atom stereocenters. The molecule has 0 amide bonds. The topological polar surface area (TPSA) is 32.9 Å². The zero-order valence-corrected chi connectivity index (χ0v) is 14.2. The van der Waals surface area contributed by atoms with E-state index in [1.807, 2.05) is 60.8 Å². The summed E-state index contributed by atoms with van der Waals surface area (Å²) >= 11 is 0. The number of fused-ring (bicyclic) bond motifs is 4. The molecule has 0 atom stereocenters. The van der Waals surface area contributed by atoms with Gasteiger partial charge in [0.15, 0.2) is 5.78 Å². The molecule has 124 valence electrons. The summed E-state index contributed by atoms with van der Waals surface area (Å²) in [7, 11) is 0. The molecule has 5 aromatic rings. The van der Waals surface area contributed by atoms with Crippen LogP contribution in [0.3, 0.4) is 0 Å². The molecule has 0 saturated heterocycles. The SMILES string of the molecule is O=C(Cc1c[nH]c2ccccc12)c1cc2ccccc2c2ccccc12. The van der Waals surface area contributed by atoms with Crippen molar-refractivity contribution in [3.8, 4) is 0 Å². The Hall–Kier alpha value is -3.39. The Morgan fingerprint density at radius 1 is 0.731 bits per heavy atom. The van der Waals surface area contributed by atoms with Crippen LogP contribution in [0.25, 0.3) is 32.4 Å². The van der Waals surface area contributed by atoms with Crippen molar-refractivity contribution in [2.24, 2.45) is 0 Å². The maximum absolute atomic E-state index is 13.2. The summed E-state index contributed by atoms with van der Waals surface area (Å²) in [6.45, 7) is 0. The van der Waals surface area contributed by atoms with Crippen molar-refractivity contribution in [2.75, 3.05) is 0 Å². The second-order valence-electron chi connectivity index (χ2n) is 6.65. The summed E-state index contributed by atoms with van der Waals surface area (Å²) < 4.78 is 0. The lowest BCUT2D eigenvalue weighted by molar-refractivity contribution is 0.0995. The van der Waals surface area contributed by atoms with E-state index in [1.54, 1.807) is 0 Å². The van der Waals surface area contributed by atoms with Crippen LogP contribution in [-0.4, -0.2) is 10.8 Å². The van der Waals surface area contributed by atoms with E-state index in [0.29, 0.717) is 6.42 Å². The number of H-pyrrole nitrogens is 1. The van der Waals surface area contributed by atoms with Crippen LogP contribution in [0.4, 0.5) is 0 Å². The van der Waals surface area contributed by atoms with E-state index < -0.39 is 0 Å². The Morgan fingerprint density at radius 2 is 1.38 bits per heavy atom. The zero-order chi connectivity index (χ0) is 17.5. The Morgan fingerprint density at radius 3 is 2.23 bits per heavy atom. The molecule has 0 aliphatic rings. The molecular weight excluding hydrogens is 318 g/mol. The number of nitrogens with one attached hydrogen (secondary N) is 1. The lowest BCUT2D eigenvalue weighted by atomic mass is 9.93. The van der Waals surface area contributed by atoms with Crippen molar-refractivity contribution in [3.05, 3.63) is 96.2 Å². The summed E-state index contributed by atoms with van der Waals surface area (Å²) in [4.78, 5) is 16.5. The van der Waals surface area contributed by atoms with Crippen molar-refractivity contribution in [3.63, 3.8) is 0 Å². The Bertz CT molecular complexity index is 1280. The largest absolute Gasteiger partial charge is 0.361 e. The molecule has 1 heterocycles. The first-order chi connectivity index (χ1) is 12.8. The van der Waals surface area contributed by atoms with Gasteiger partial charge in [0.25, 0.3) is 0 Å². The molecule has 0 bridgehead atoms. The number of aromatic nitrogens is 1. The highest BCUT2D eigenvalue weighted by atomic mass is 16.1. The summed E-state index contributed by atoms with van der Waals surface area (Å²) in [5.41, 5.74) is 2.91. The summed E-state index contributed by atoms with van der Waals surface area (Å²) in [6, 6.07) is 26.6. The van der Waals surface area contributed by atoms with Crippen molar-refractivity contribution in [1.82, 2.24) is 4.98 Å². The summed E-state index contributed by atoms with van der Waals surface area (Å²) in [5, 5.41) is 5.56. The highest BCUT2D eigenvalue weighted by molar-refractivity contribution is 6.18. The van der Waals surface area contributed by atoms with Crippen LogP contribution >= 0.6 is 0 Å². The molecular formula is C24H17NO. The van der Waals surface area contributed by atoms with E-state index in [4.69, 9.17) is 0 Å². The van der Waals surface area contributed by atoms with Crippen molar-refractivity contribution in [2.45, 2.75) is 6.42 Å². The molecule has 5 rings (SSSR count). The number of Topliss-reactive ketones (excluding diaryl/α,β-unsaturated/α-hetero) is 1. The van der Waals surface area contributed by atoms with Crippen LogP contribution in [-0.2, 0) is 6.42 Å². The maximum Gasteiger partial charge on any atom is 0.167 e. The fourth-order valence-electron chi connectivity index (χ4n) is 3.83. The fraction of sp³-hybridized carbons (Fsp3) is 0.0417. The lowest BCUT2D eigenvalue weighted by Crippen LogP contribution is -2.04. The Labute approximate surface area is 151 Å². The number of carbonyl (C=O) groups excluding carboxylic acids is 1. The van der Waals surface area contributed by atoms with Crippen molar-refractivity contribution in [1.29, 1.82) is 0 Å². The molecule has 0 spiro atoms. The predicted octanol–water partition coefficient (Wildman–Crippen LogP) is 5.90. The van der Waals surface area contributed by atoms with Gasteiger partial charge in [0.05, 0.1) is 0 Å². The molecule has 0 aliphatic heterocycles.